The fourth-order valence-electron chi connectivity index (χ4n) is 2.05. The predicted molar refractivity (Wildman–Crippen MR) is 74.1 cm³/mol. The van der Waals surface area contributed by atoms with Gasteiger partial charge in [0.05, 0.1) is 12.8 Å². The van der Waals surface area contributed by atoms with Crippen LogP contribution in [-0.2, 0) is 6.54 Å². The van der Waals surface area contributed by atoms with E-state index in [9.17, 15) is 0 Å². The van der Waals surface area contributed by atoms with Gasteiger partial charge in [0.2, 0.25) is 5.88 Å². The molecule has 0 aliphatic heterocycles. The van der Waals surface area contributed by atoms with E-state index in [1.807, 2.05) is 12.1 Å². The van der Waals surface area contributed by atoms with Crippen molar-refractivity contribution < 1.29 is 4.74 Å². The summed E-state index contributed by atoms with van der Waals surface area (Å²) in [6, 6.07) is 4.34. The zero-order valence-electron chi connectivity index (χ0n) is 11.4. The molecular formula is C13H22ClN3O. The Morgan fingerprint density at radius 1 is 1.28 bits per heavy atom. The van der Waals surface area contributed by atoms with Crippen molar-refractivity contribution in [2.24, 2.45) is 0 Å². The van der Waals surface area contributed by atoms with Crippen LogP contribution in [0.25, 0.3) is 0 Å². The highest BCUT2D eigenvalue weighted by molar-refractivity contribution is 6.18. The minimum Gasteiger partial charge on any atom is -0.480 e. The van der Waals surface area contributed by atoms with Crippen molar-refractivity contribution in [1.82, 2.24) is 15.1 Å². The van der Waals surface area contributed by atoms with Crippen LogP contribution >= 0.6 is 11.6 Å². The lowest BCUT2D eigenvalue weighted by atomic mass is 10.1. The van der Waals surface area contributed by atoms with Gasteiger partial charge in [-0.3, -0.25) is 4.90 Å². The summed E-state index contributed by atoms with van der Waals surface area (Å²) < 4.78 is 5.00. The quantitative estimate of drug-likeness (QED) is 0.682. The van der Waals surface area contributed by atoms with E-state index in [1.54, 1.807) is 7.11 Å². The molecule has 1 heterocycles. The molecule has 18 heavy (non-hydrogen) atoms. The van der Waals surface area contributed by atoms with Gasteiger partial charge in [0.1, 0.15) is 0 Å². The second-order valence-electron chi connectivity index (χ2n) is 4.20. The second kappa shape index (κ2) is 8.27. The van der Waals surface area contributed by atoms with E-state index in [1.165, 1.54) is 0 Å². The molecule has 0 atom stereocenters. The number of hydrogen-bond donors (Lipinski definition) is 0. The summed E-state index contributed by atoms with van der Waals surface area (Å²) in [5, 5.41) is 8.15. The zero-order valence-corrected chi connectivity index (χ0v) is 12.2. The number of halogens is 1. The zero-order chi connectivity index (χ0) is 13.4. The first kappa shape index (κ1) is 15.2. The van der Waals surface area contributed by atoms with Crippen LogP contribution in [0.15, 0.2) is 12.1 Å². The first-order chi connectivity index (χ1) is 8.74. The molecule has 0 aliphatic rings. The van der Waals surface area contributed by atoms with Crippen molar-refractivity contribution in [3.63, 3.8) is 0 Å². The molecule has 0 saturated heterocycles. The molecule has 0 bridgehead atoms. The smallest absolute Gasteiger partial charge is 0.233 e. The summed E-state index contributed by atoms with van der Waals surface area (Å²) in [4.78, 5) is 2.36. The lowest BCUT2D eigenvalue weighted by Gasteiger charge is -2.29. The maximum Gasteiger partial charge on any atom is 0.233 e. The topological polar surface area (TPSA) is 38.2 Å². The van der Waals surface area contributed by atoms with Gasteiger partial charge in [0.25, 0.3) is 0 Å². The molecule has 1 aromatic heterocycles. The highest BCUT2D eigenvalue weighted by Gasteiger charge is 2.15. The third-order valence-corrected chi connectivity index (χ3v) is 3.27. The number of aromatic nitrogens is 2. The molecule has 1 rings (SSSR count). The van der Waals surface area contributed by atoms with Crippen molar-refractivity contribution in [3.8, 4) is 5.88 Å². The first-order valence-corrected chi connectivity index (χ1v) is 6.95. The minimum atomic E-state index is 0.546. The molecule has 0 amide bonds. The Hall–Kier alpha value is -0.870. The van der Waals surface area contributed by atoms with E-state index in [0.29, 0.717) is 17.8 Å². The van der Waals surface area contributed by atoms with E-state index in [0.717, 1.165) is 31.6 Å². The fourth-order valence-corrected chi connectivity index (χ4v) is 2.27. The van der Waals surface area contributed by atoms with Crippen LogP contribution < -0.4 is 4.74 Å². The number of rotatable bonds is 8. The summed E-state index contributed by atoms with van der Waals surface area (Å²) in [5.74, 6) is 1.19. The van der Waals surface area contributed by atoms with E-state index < -0.39 is 0 Å². The lowest BCUT2D eigenvalue weighted by molar-refractivity contribution is 0.185. The van der Waals surface area contributed by atoms with Crippen LogP contribution in [0.3, 0.4) is 0 Å². The van der Waals surface area contributed by atoms with Gasteiger partial charge in [-0.25, -0.2) is 0 Å². The van der Waals surface area contributed by atoms with E-state index in [4.69, 9.17) is 16.3 Å². The van der Waals surface area contributed by atoms with E-state index >= 15 is 0 Å². The molecule has 5 heteroatoms. The second-order valence-corrected chi connectivity index (χ2v) is 4.57. The van der Waals surface area contributed by atoms with E-state index in [2.05, 4.69) is 28.9 Å². The summed E-state index contributed by atoms with van der Waals surface area (Å²) in [6.45, 7) is 6.07. The Bertz CT molecular complexity index is 328. The van der Waals surface area contributed by atoms with Crippen LogP contribution in [0.5, 0.6) is 5.88 Å². The molecule has 0 N–H and O–H groups in total. The number of nitrogens with zero attached hydrogens (tertiary/aromatic N) is 3. The highest BCUT2D eigenvalue weighted by atomic mass is 35.5. The third kappa shape index (κ3) is 4.42. The van der Waals surface area contributed by atoms with Crippen LogP contribution in [0, 0.1) is 0 Å². The van der Waals surface area contributed by atoms with Crippen molar-refractivity contribution in [1.29, 1.82) is 0 Å². The van der Waals surface area contributed by atoms with Gasteiger partial charge in [-0.15, -0.1) is 16.7 Å². The standard InChI is InChI=1S/C13H22ClN3O/c1-4-12(5-2)17(9-8-14)10-11-6-7-13(18-3)16-15-11/h6-7,12H,4-5,8-10H2,1-3H3. The molecule has 0 aliphatic carbocycles. The molecule has 0 radical (unpaired) electrons. The van der Waals surface area contributed by atoms with Crippen molar-refractivity contribution in [3.05, 3.63) is 17.8 Å². The molecule has 0 spiro atoms. The Labute approximate surface area is 114 Å². The lowest BCUT2D eigenvalue weighted by Crippen LogP contribution is -2.35. The molecule has 0 fully saturated rings. The SMILES string of the molecule is CCC(CC)N(CCCl)Cc1ccc(OC)nn1. The molecule has 0 aromatic carbocycles. The molecule has 102 valence electrons. The molecule has 0 unspecified atom stereocenters. The fraction of sp³-hybridized carbons (Fsp3) is 0.692. The Morgan fingerprint density at radius 3 is 2.44 bits per heavy atom. The normalized spacial score (nSPS) is 11.2. The monoisotopic (exact) mass is 271 g/mol. The number of alkyl halides is 1. The number of methoxy groups -OCH3 is 1. The van der Waals surface area contributed by atoms with Crippen LogP contribution in [0.1, 0.15) is 32.4 Å². The Morgan fingerprint density at radius 2 is 2.00 bits per heavy atom. The largest absolute Gasteiger partial charge is 0.480 e. The number of ether oxygens (including phenoxy) is 1. The number of hydrogen-bond acceptors (Lipinski definition) is 4. The summed E-state index contributed by atoms with van der Waals surface area (Å²) in [6.07, 6.45) is 2.24. The molecule has 0 saturated carbocycles. The van der Waals surface area contributed by atoms with Crippen molar-refractivity contribution in [2.75, 3.05) is 19.5 Å². The van der Waals surface area contributed by atoms with Crippen LogP contribution in [0.2, 0.25) is 0 Å². The van der Waals surface area contributed by atoms with Gasteiger partial charge < -0.3 is 4.74 Å². The minimum absolute atomic E-state index is 0.546. The van der Waals surface area contributed by atoms with Crippen LogP contribution in [0.4, 0.5) is 0 Å². The van der Waals surface area contributed by atoms with Gasteiger partial charge in [0.15, 0.2) is 0 Å². The van der Waals surface area contributed by atoms with Crippen molar-refractivity contribution in [2.45, 2.75) is 39.3 Å². The summed E-state index contributed by atoms with van der Waals surface area (Å²) >= 11 is 5.87. The van der Waals surface area contributed by atoms with Gasteiger partial charge in [-0.1, -0.05) is 13.8 Å². The molecular weight excluding hydrogens is 250 g/mol. The maximum atomic E-state index is 5.87. The Balaban J connectivity index is 2.69. The third-order valence-electron chi connectivity index (χ3n) is 3.10. The Kier molecular flexibility index (Phi) is 6.98. The predicted octanol–water partition coefficient (Wildman–Crippen LogP) is 2.71. The average Bonchev–Trinajstić information content (AvgIpc) is 2.41. The molecule has 1 aromatic rings. The summed E-state index contributed by atoms with van der Waals surface area (Å²) in [7, 11) is 1.59. The van der Waals surface area contributed by atoms with Gasteiger partial charge in [0, 0.05) is 31.1 Å². The highest BCUT2D eigenvalue weighted by Crippen LogP contribution is 2.13. The molecule has 4 nitrogen and oxygen atoms in total. The van der Waals surface area contributed by atoms with E-state index in [-0.39, 0.29) is 0 Å². The first-order valence-electron chi connectivity index (χ1n) is 6.41. The van der Waals surface area contributed by atoms with Crippen LogP contribution in [-0.4, -0.2) is 40.7 Å². The maximum absolute atomic E-state index is 5.87. The summed E-state index contributed by atoms with van der Waals surface area (Å²) in [5.41, 5.74) is 0.952. The average molecular weight is 272 g/mol. The van der Waals surface area contributed by atoms with Gasteiger partial charge in [-0.05, 0) is 18.9 Å². The van der Waals surface area contributed by atoms with Crippen molar-refractivity contribution >= 4 is 11.6 Å². The van der Waals surface area contributed by atoms with Gasteiger partial charge >= 0.3 is 0 Å². The van der Waals surface area contributed by atoms with Gasteiger partial charge in [-0.2, -0.15) is 5.10 Å².